The van der Waals surface area contributed by atoms with Crippen LogP contribution in [0.2, 0.25) is 5.02 Å². The molecule has 3 aromatic rings. The fourth-order valence-corrected chi connectivity index (χ4v) is 2.75. The number of nitrogens with one attached hydrogen (secondary N) is 2. The Balaban J connectivity index is 1.74. The van der Waals surface area contributed by atoms with Crippen molar-refractivity contribution in [2.24, 2.45) is 0 Å². The van der Waals surface area contributed by atoms with Crippen LogP contribution in [0.3, 0.4) is 0 Å². The molecule has 0 saturated carbocycles. The molecule has 0 aliphatic rings. The number of carbonyl (C=O) groups is 1. The molecule has 2 amide bonds. The zero-order chi connectivity index (χ0) is 17.6. The maximum Gasteiger partial charge on any atom is 0.319 e. The highest BCUT2D eigenvalue weighted by atomic mass is 35.5. The molecule has 0 fully saturated rings. The quantitative estimate of drug-likeness (QED) is 0.731. The largest absolute Gasteiger partial charge is 0.329 e. The van der Waals surface area contributed by atoms with Crippen LogP contribution in [0.1, 0.15) is 17.2 Å². The summed E-state index contributed by atoms with van der Waals surface area (Å²) in [7, 11) is 0. The molecular weight excluding hydrogens is 338 g/mol. The van der Waals surface area contributed by atoms with Gasteiger partial charge in [-0.3, -0.25) is 4.68 Å². The first-order valence-electron chi connectivity index (χ1n) is 7.83. The number of halogens is 1. The van der Waals surface area contributed by atoms with E-state index in [0.717, 1.165) is 11.1 Å². The highest BCUT2D eigenvalue weighted by molar-refractivity contribution is 6.33. The first kappa shape index (κ1) is 17.0. The van der Waals surface area contributed by atoms with Gasteiger partial charge in [-0.05, 0) is 30.2 Å². The summed E-state index contributed by atoms with van der Waals surface area (Å²) in [6, 6.07) is 14.6. The normalized spacial score (nSPS) is 11.8. The van der Waals surface area contributed by atoms with Crippen molar-refractivity contribution in [2.45, 2.75) is 19.5 Å². The predicted molar refractivity (Wildman–Crippen MR) is 97.5 cm³/mol. The fraction of sp³-hybridized carbons (Fsp3) is 0.167. The molecule has 128 valence electrons. The van der Waals surface area contributed by atoms with E-state index < -0.39 is 0 Å². The van der Waals surface area contributed by atoms with Gasteiger partial charge in [0.05, 0.1) is 23.3 Å². The number of carbonyl (C=O) groups excluding carboxylic acids is 1. The van der Waals surface area contributed by atoms with E-state index in [-0.39, 0.29) is 12.1 Å². The van der Waals surface area contributed by atoms with Crippen molar-refractivity contribution in [3.8, 4) is 0 Å². The molecule has 1 heterocycles. The first-order chi connectivity index (χ1) is 12.1. The van der Waals surface area contributed by atoms with Gasteiger partial charge in [0.1, 0.15) is 12.7 Å². The van der Waals surface area contributed by atoms with Crippen molar-refractivity contribution in [1.29, 1.82) is 0 Å². The fourth-order valence-electron chi connectivity index (χ4n) is 2.47. The molecule has 0 spiro atoms. The summed E-state index contributed by atoms with van der Waals surface area (Å²) >= 11 is 6.18. The maximum atomic E-state index is 12.4. The van der Waals surface area contributed by atoms with Gasteiger partial charge >= 0.3 is 6.03 Å². The average molecular weight is 356 g/mol. The van der Waals surface area contributed by atoms with E-state index in [0.29, 0.717) is 17.3 Å². The third-order valence-corrected chi connectivity index (χ3v) is 4.03. The van der Waals surface area contributed by atoms with E-state index in [1.54, 1.807) is 23.1 Å². The van der Waals surface area contributed by atoms with E-state index >= 15 is 0 Å². The minimum Gasteiger partial charge on any atom is -0.329 e. The molecule has 7 heteroatoms. The summed E-state index contributed by atoms with van der Waals surface area (Å²) in [6.45, 7) is 2.42. The third-order valence-electron chi connectivity index (χ3n) is 3.72. The van der Waals surface area contributed by atoms with Gasteiger partial charge in [0, 0.05) is 0 Å². The number of hydrogen-bond acceptors (Lipinski definition) is 3. The molecule has 2 aromatic carbocycles. The van der Waals surface area contributed by atoms with Crippen LogP contribution in [0.5, 0.6) is 0 Å². The molecule has 2 N–H and O–H groups in total. The summed E-state index contributed by atoms with van der Waals surface area (Å²) in [6.07, 6.45) is 3.08. The minimum atomic E-state index is -0.334. The third kappa shape index (κ3) is 4.58. The Morgan fingerprint density at radius 1 is 1.24 bits per heavy atom. The Labute approximate surface area is 150 Å². The second kappa shape index (κ2) is 7.81. The average Bonchev–Trinajstić information content (AvgIpc) is 3.11. The van der Waals surface area contributed by atoms with Gasteiger partial charge in [0.25, 0.3) is 0 Å². The topological polar surface area (TPSA) is 71.8 Å². The highest BCUT2D eigenvalue weighted by Gasteiger charge is 2.16. The van der Waals surface area contributed by atoms with E-state index in [1.807, 2.05) is 43.3 Å². The number of nitrogens with zero attached hydrogens (tertiary/aromatic N) is 3. The number of aryl methyl sites for hydroxylation is 1. The number of benzene rings is 2. The number of rotatable bonds is 5. The van der Waals surface area contributed by atoms with Gasteiger partial charge < -0.3 is 10.6 Å². The van der Waals surface area contributed by atoms with Gasteiger partial charge in [-0.25, -0.2) is 9.78 Å². The van der Waals surface area contributed by atoms with Gasteiger partial charge in [0.2, 0.25) is 0 Å². The Morgan fingerprint density at radius 2 is 2.04 bits per heavy atom. The smallest absolute Gasteiger partial charge is 0.319 e. The van der Waals surface area contributed by atoms with Crippen LogP contribution < -0.4 is 10.6 Å². The molecule has 6 nitrogen and oxygen atoms in total. The van der Waals surface area contributed by atoms with Crippen LogP contribution in [0.4, 0.5) is 10.5 Å². The molecule has 0 unspecified atom stereocenters. The second-order valence-electron chi connectivity index (χ2n) is 5.66. The van der Waals surface area contributed by atoms with Gasteiger partial charge in [-0.1, -0.05) is 48.0 Å². The summed E-state index contributed by atoms with van der Waals surface area (Å²) in [5, 5.41) is 10.4. The number of aromatic nitrogens is 3. The Morgan fingerprint density at radius 3 is 2.72 bits per heavy atom. The first-order valence-corrected chi connectivity index (χ1v) is 8.20. The molecule has 0 aliphatic carbocycles. The van der Waals surface area contributed by atoms with Gasteiger partial charge in [-0.2, -0.15) is 5.10 Å². The van der Waals surface area contributed by atoms with Crippen molar-refractivity contribution >= 4 is 23.3 Å². The van der Waals surface area contributed by atoms with Crippen LogP contribution in [-0.4, -0.2) is 20.8 Å². The zero-order valence-electron chi connectivity index (χ0n) is 13.7. The highest BCUT2D eigenvalue weighted by Crippen LogP contribution is 2.23. The molecule has 1 aromatic heterocycles. The lowest BCUT2D eigenvalue weighted by Gasteiger charge is -2.20. The van der Waals surface area contributed by atoms with Crippen molar-refractivity contribution in [3.63, 3.8) is 0 Å². The van der Waals surface area contributed by atoms with Crippen LogP contribution in [0, 0.1) is 6.92 Å². The van der Waals surface area contributed by atoms with Crippen molar-refractivity contribution in [3.05, 3.63) is 77.3 Å². The summed E-state index contributed by atoms with van der Waals surface area (Å²) in [5.74, 6) is 0. The molecule has 0 aliphatic heterocycles. The Bertz CT molecular complexity index is 836. The molecule has 0 bridgehead atoms. The van der Waals surface area contributed by atoms with Crippen molar-refractivity contribution in [1.82, 2.24) is 20.1 Å². The maximum absolute atomic E-state index is 12.4. The van der Waals surface area contributed by atoms with E-state index in [9.17, 15) is 4.79 Å². The number of amides is 2. The van der Waals surface area contributed by atoms with Crippen molar-refractivity contribution < 1.29 is 4.79 Å². The zero-order valence-corrected chi connectivity index (χ0v) is 14.4. The van der Waals surface area contributed by atoms with Gasteiger partial charge in [-0.15, -0.1) is 0 Å². The Hall–Kier alpha value is -2.86. The Kier molecular flexibility index (Phi) is 5.30. The predicted octanol–water partition coefficient (Wildman–Crippen LogP) is 3.80. The van der Waals surface area contributed by atoms with Crippen molar-refractivity contribution in [2.75, 3.05) is 5.32 Å². The molecule has 3 rings (SSSR count). The molecular formula is C18H18ClN5O. The SMILES string of the molecule is Cc1ccc(NC(=O)N[C@@H](Cn2cncn2)c2ccccc2)c(Cl)c1. The van der Waals surface area contributed by atoms with E-state index in [4.69, 9.17) is 11.6 Å². The van der Waals surface area contributed by atoms with E-state index in [2.05, 4.69) is 20.7 Å². The van der Waals surface area contributed by atoms with Crippen LogP contribution in [-0.2, 0) is 6.54 Å². The summed E-state index contributed by atoms with van der Waals surface area (Å²) in [5.41, 5.74) is 2.57. The minimum absolute atomic E-state index is 0.257. The number of anilines is 1. The van der Waals surface area contributed by atoms with E-state index in [1.165, 1.54) is 6.33 Å². The lowest BCUT2D eigenvalue weighted by atomic mass is 10.1. The second-order valence-corrected chi connectivity index (χ2v) is 6.07. The molecule has 0 radical (unpaired) electrons. The van der Waals surface area contributed by atoms with Crippen LogP contribution in [0.15, 0.2) is 61.2 Å². The molecule has 1 atom stereocenters. The monoisotopic (exact) mass is 355 g/mol. The van der Waals surface area contributed by atoms with Gasteiger partial charge in [0.15, 0.2) is 0 Å². The number of urea groups is 1. The van der Waals surface area contributed by atoms with Crippen LogP contribution in [0.25, 0.3) is 0 Å². The lowest BCUT2D eigenvalue weighted by Crippen LogP contribution is -2.35. The molecule has 25 heavy (non-hydrogen) atoms. The lowest BCUT2D eigenvalue weighted by molar-refractivity contribution is 0.246. The summed E-state index contributed by atoms with van der Waals surface area (Å²) in [4.78, 5) is 16.4. The standard InChI is InChI=1S/C18H18ClN5O/c1-13-7-8-16(15(19)9-13)22-18(25)23-17(10-24-12-20-11-21-24)14-5-3-2-4-6-14/h2-9,11-12,17H,10H2,1H3,(H2,22,23,25)/t17-/m0/s1. The number of hydrogen-bond donors (Lipinski definition) is 2. The summed E-state index contributed by atoms with van der Waals surface area (Å²) < 4.78 is 1.68. The van der Waals surface area contributed by atoms with Crippen LogP contribution >= 0.6 is 11.6 Å². The molecule has 0 saturated heterocycles.